The number of nitrogens with zero attached hydrogens (tertiary/aromatic N) is 4. The first kappa shape index (κ1) is 15.6. The van der Waals surface area contributed by atoms with E-state index in [4.69, 9.17) is 9.47 Å². The summed E-state index contributed by atoms with van der Waals surface area (Å²) >= 11 is 0. The van der Waals surface area contributed by atoms with Gasteiger partial charge in [0.1, 0.15) is 0 Å². The Bertz CT molecular complexity index is 801. The van der Waals surface area contributed by atoms with Crippen LogP contribution >= 0.6 is 0 Å². The molecule has 1 aromatic carbocycles. The third-order valence-corrected chi connectivity index (χ3v) is 2.64. The standard InChI is InChI=1S/C12H11N5O3.Na.H/c1-19-7-20-12-14-16-17(15-12)9-3-4-10-8(6-9)2-5-11(18)13-10;;/h2-6H,7H2,1H3,(H,13,18);;. The van der Waals surface area contributed by atoms with Crippen molar-refractivity contribution in [1.82, 2.24) is 25.2 Å². The van der Waals surface area contributed by atoms with Gasteiger partial charge in [-0.25, -0.2) is 0 Å². The van der Waals surface area contributed by atoms with Crippen LogP contribution in [0.1, 0.15) is 0 Å². The van der Waals surface area contributed by atoms with E-state index < -0.39 is 0 Å². The molecule has 2 aromatic heterocycles. The molecule has 3 aromatic rings. The van der Waals surface area contributed by atoms with Crippen molar-refractivity contribution in [2.75, 3.05) is 13.9 Å². The average molecular weight is 297 g/mol. The van der Waals surface area contributed by atoms with Gasteiger partial charge in [0.25, 0.3) is 0 Å². The molecular weight excluding hydrogens is 285 g/mol. The number of hydrogen-bond donors (Lipinski definition) is 1. The molecule has 0 aliphatic heterocycles. The molecule has 0 radical (unpaired) electrons. The fourth-order valence-electron chi connectivity index (χ4n) is 1.75. The van der Waals surface area contributed by atoms with Gasteiger partial charge in [0.15, 0.2) is 6.79 Å². The van der Waals surface area contributed by atoms with Crippen LogP contribution in [0.2, 0.25) is 0 Å². The molecule has 0 aliphatic rings. The van der Waals surface area contributed by atoms with E-state index in [0.717, 1.165) is 10.9 Å². The van der Waals surface area contributed by atoms with E-state index in [-0.39, 0.29) is 47.9 Å². The van der Waals surface area contributed by atoms with Crippen LogP contribution in [-0.4, -0.2) is 68.7 Å². The van der Waals surface area contributed by atoms with Gasteiger partial charge in [0, 0.05) is 24.1 Å². The third kappa shape index (κ3) is 3.48. The summed E-state index contributed by atoms with van der Waals surface area (Å²) in [6, 6.07) is 8.73. The first-order chi connectivity index (χ1) is 9.76. The molecule has 21 heavy (non-hydrogen) atoms. The number of aromatic nitrogens is 5. The molecule has 1 N–H and O–H groups in total. The van der Waals surface area contributed by atoms with Crippen LogP contribution in [0.15, 0.2) is 35.1 Å². The molecule has 0 unspecified atom stereocenters. The van der Waals surface area contributed by atoms with Gasteiger partial charge in [-0.15, -0.1) is 4.80 Å². The number of methoxy groups -OCH3 is 1. The van der Waals surface area contributed by atoms with Gasteiger partial charge in [0.05, 0.1) is 5.69 Å². The molecule has 0 aliphatic carbocycles. The van der Waals surface area contributed by atoms with Gasteiger partial charge < -0.3 is 14.5 Å². The predicted octanol–water partition coefficient (Wildman–Crippen LogP) is -0.162. The number of rotatable bonds is 4. The predicted molar refractivity (Wildman–Crippen MR) is 76.9 cm³/mol. The second-order valence-electron chi connectivity index (χ2n) is 4.01. The van der Waals surface area contributed by atoms with Crippen molar-refractivity contribution in [1.29, 1.82) is 0 Å². The Hall–Kier alpha value is -1.74. The summed E-state index contributed by atoms with van der Waals surface area (Å²) in [5.41, 5.74) is 1.32. The summed E-state index contributed by atoms with van der Waals surface area (Å²) in [5, 5.41) is 12.6. The third-order valence-electron chi connectivity index (χ3n) is 2.64. The van der Waals surface area contributed by atoms with Crippen molar-refractivity contribution >= 4 is 40.5 Å². The van der Waals surface area contributed by atoms with Gasteiger partial charge >= 0.3 is 35.6 Å². The zero-order valence-corrected chi connectivity index (χ0v) is 10.6. The normalized spacial score (nSPS) is 10.3. The maximum absolute atomic E-state index is 11.2. The van der Waals surface area contributed by atoms with Crippen LogP contribution in [0.3, 0.4) is 0 Å². The van der Waals surface area contributed by atoms with Crippen LogP contribution in [0.5, 0.6) is 6.01 Å². The molecule has 2 heterocycles. The first-order valence-electron chi connectivity index (χ1n) is 5.81. The van der Waals surface area contributed by atoms with Gasteiger partial charge in [-0.1, -0.05) is 10.2 Å². The van der Waals surface area contributed by atoms with Crippen LogP contribution in [0, 0.1) is 0 Å². The molecule has 0 saturated heterocycles. The molecule has 9 heteroatoms. The molecule has 0 fully saturated rings. The number of H-pyrrole nitrogens is 1. The minimum absolute atomic E-state index is 0. The van der Waals surface area contributed by atoms with Crippen LogP contribution in [0.25, 0.3) is 16.6 Å². The van der Waals surface area contributed by atoms with E-state index in [1.54, 1.807) is 18.2 Å². The number of hydrogen-bond acceptors (Lipinski definition) is 6. The molecule has 104 valence electrons. The number of benzene rings is 1. The monoisotopic (exact) mass is 297 g/mol. The molecule has 0 spiro atoms. The van der Waals surface area contributed by atoms with Gasteiger partial charge in [-0.3, -0.25) is 4.79 Å². The maximum atomic E-state index is 11.2. The van der Waals surface area contributed by atoms with E-state index in [1.165, 1.54) is 18.0 Å². The van der Waals surface area contributed by atoms with Crippen molar-refractivity contribution in [2.24, 2.45) is 0 Å². The van der Waals surface area contributed by atoms with Crippen molar-refractivity contribution in [3.8, 4) is 11.7 Å². The number of ether oxygens (including phenoxy) is 2. The molecule has 0 amide bonds. The Kier molecular flexibility index (Phi) is 5.07. The van der Waals surface area contributed by atoms with E-state index in [0.29, 0.717) is 5.69 Å². The summed E-state index contributed by atoms with van der Waals surface area (Å²) < 4.78 is 9.84. The van der Waals surface area contributed by atoms with Crippen molar-refractivity contribution in [3.05, 3.63) is 40.7 Å². The van der Waals surface area contributed by atoms with Crippen molar-refractivity contribution < 1.29 is 9.47 Å². The molecular formula is C12H12N5NaO3. The Labute approximate surface area is 141 Å². The van der Waals surface area contributed by atoms with Crippen molar-refractivity contribution in [3.63, 3.8) is 0 Å². The SMILES string of the molecule is COCOc1nnn(-c2ccc3[nH]c(=O)ccc3c2)n1.[NaH]. The fraction of sp³-hybridized carbons (Fsp3) is 0.167. The number of tetrazole rings is 1. The number of aromatic amines is 1. The summed E-state index contributed by atoms with van der Waals surface area (Å²) in [6.07, 6.45) is 0. The van der Waals surface area contributed by atoms with Gasteiger partial charge in [-0.05, 0) is 29.5 Å². The van der Waals surface area contributed by atoms with E-state index in [1.807, 2.05) is 6.07 Å². The van der Waals surface area contributed by atoms with E-state index in [2.05, 4.69) is 20.4 Å². The Morgan fingerprint density at radius 2 is 2.14 bits per heavy atom. The quantitative estimate of drug-likeness (QED) is 0.531. The second-order valence-corrected chi connectivity index (χ2v) is 4.01. The Balaban J connectivity index is 0.00000161. The summed E-state index contributed by atoms with van der Waals surface area (Å²) in [6.45, 7) is 0.0602. The van der Waals surface area contributed by atoms with Crippen LogP contribution in [0.4, 0.5) is 0 Å². The molecule has 0 bridgehead atoms. The molecule has 0 atom stereocenters. The first-order valence-corrected chi connectivity index (χ1v) is 5.81. The Morgan fingerprint density at radius 1 is 1.29 bits per heavy atom. The molecule has 3 rings (SSSR count). The van der Waals surface area contributed by atoms with Gasteiger partial charge in [0.2, 0.25) is 5.56 Å². The molecule has 0 saturated carbocycles. The van der Waals surface area contributed by atoms with Crippen LogP contribution < -0.4 is 10.3 Å². The van der Waals surface area contributed by atoms with E-state index in [9.17, 15) is 4.79 Å². The summed E-state index contributed by atoms with van der Waals surface area (Å²) in [4.78, 5) is 15.3. The topological polar surface area (TPSA) is 94.9 Å². The number of pyridine rings is 1. The summed E-state index contributed by atoms with van der Waals surface area (Å²) in [5.74, 6) is 0. The number of fused-ring (bicyclic) bond motifs is 1. The minimum atomic E-state index is -0.139. The van der Waals surface area contributed by atoms with Crippen LogP contribution in [-0.2, 0) is 4.74 Å². The zero-order chi connectivity index (χ0) is 13.9. The van der Waals surface area contributed by atoms with Crippen molar-refractivity contribution in [2.45, 2.75) is 0 Å². The fourth-order valence-corrected chi connectivity index (χ4v) is 1.75. The Morgan fingerprint density at radius 3 is 2.95 bits per heavy atom. The van der Waals surface area contributed by atoms with E-state index >= 15 is 0 Å². The number of nitrogens with one attached hydrogen (secondary N) is 1. The van der Waals surface area contributed by atoms with Gasteiger partial charge in [-0.2, -0.15) is 0 Å². The zero-order valence-electron chi connectivity index (χ0n) is 10.6. The second kappa shape index (κ2) is 6.81. The summed E-state index contributed by atoms with van der Waals surface area (Å²) in [7, 11) is 1.51. The molecule has 8 nitrogen and oxygen atoms in total. The average Bonchev–Trinajstić information content (AvgIpc) is 2.93.